The average molecular weight is 156 g/mol. The number of likely N-dealkylation sites (N-methyl/N-ethyl adjacent to an activating group) is 1. The summed E-state index contributed by atoms with van der Waals surface area (Å²) in [6.07, 6.45) is 0.745. The molecule has 1 aliphatic rings. The molecule has 11 heavy (non-hydrogen) atoms. The van der Waals surface area contributed by atoms with Crippen LogP contribution in [0.5, 0.6) is 0 Å². The van der Waals surface area contributed by atoms with Gasteiger partial charge in [-0.25, -0.2) is 0 Å². The van der Waals surface area contributed by atoms with Crippen molar-refractivity contribution < 1.29 is 9.59 Å². The summed E-state index contributed by atoms with van der Waals surface area (Å²) in [6, 6.07) is 0.449. The van der Waals surface area contributed by atoms with E-state index in [-0.39, 0.29) is 6.10 Å². The number of quaternary nitrogens is 1. The van der Waals surface area contributed by atoms with Gasteiger partial charge in [0.2, 0.25) is 0 Å². The summed E-state index contributed by atoms with van der Waals surface area (Å²) in [5.41, 5.74) is 1.19. The summed E-state index contributed by atoms with van der Waals surface area (Å²) in [5.74, 6) is 0. The van der Waals surface area contributed by atoms with Crippen LogP contribution >= 0.6 is 0 Å². The topological polar surface area (TPSA) is 20.2 Å². The molecule has 0 aromatic rings. The molecule has 0 aromatic heterocycles. The first-order valence-corrected chi connectivity index (χ1v) is 4.09. The maximum absolute atomic E-state index is 9.43. The zero-order valence-electron chi connectivity index (χ0n) is 7.67. The van der Waals surface area contributed by atoms with Gasteiger partial charge in [-0.05, 0) is 12.5 Å². The van der Waals surface area contributed by atoms with Crippen molar-refractivity contribution >= 4 is 0 Å². The quantitative estimate of drug-likeness (QED) is 0.439. The van der Waals surface area contributed by atoms with Crippen LogP contribution in [0.25, 0.3) is 0 Å². The first-order chi connectivity index (χ1) is 4.93. The molecule has 0 amide bonds. The van der Waals surface area contributed by atoms with Crippen molar-refractivity contribution in [2.75, 3.05) is 20.6 Å². The molecule has 0 aromatic carbocycles. The van der Waals surface area contributed by atoms with E-state index in [9.17, 15) is 5.11 Å². The Morgan fingerprint density at radius 3 is 2.27 bits per heavy atom. The van der Waals surface area contributed by atoms with Crippen molar-refractivity contribution in [2.24, 2.45) is 0 Å². The standard InChI is InChI=1S/C9H18NO/c1-7(2)9-5-8(11)6-10(9,3)4/h8-9,11H,1,5-6H2,2-4H3/q+1/t8-,9+/m1/s1. The van der Waals surface area contributed by atoms with Crippen LogP contribution < -0.4 is 0 Å². The van der Waals surface area contributed by atoms with Gasteiger partial charge in [0.1, 0.15) is 18.7 Å². The van der Waals surface area contributed by atoms with Crippen LogP contribution in [-0.4, -0.2) is 42.4 Å². The van der Waals surface area contributed by atoms with E-state index < -0.39 is 0 Å². The van der Waals surface area contributed by atoms with Gasteiger partial charge in [-0.2, -0.15) is 0 Å². The third-order valence-electron chi connectivity index (χ3n) is 2.59. The van der Waals surface area contributed by atoms with Gasteiger partial charge < -0.3 is 9.59 Å². The summed E-state index contributed by atoms with van der Waals surface area (Å²) in [6.45, 7) is 6.84. The Hall–Kier alpha value is -0.340. The molecule has 0 aliphatic carbocycles. The fraction of sp³-hybridized carbons (Fsp3) is 0.778. The summed E-state index contributed by atoms with van der Waals surface area (Å²) in [4.78, 5) is 0. The van der Waals surface area contributed by atoms with Gasteiger partial charge in [0, 0.05) is 6.42 Å². The lowest BCUT2D eigenvalue weighted by molar-refractivity contribution is -0.898. The van der Waals surface area contributed by atoms with Gasteiger partial charge in [0.15, 0.2) is 0 Å². The Kier molecular flexibility index (Phi) is 2.08. The number of hydrogen-bond acceptors (Lipinski definition) is 1. The Labute approximate surface area is 68.7 Å². The summed E-state index contributed by atoms with van der Waals surface area (Å²) in [5, 5.41) is 9.43. The predicted octanol–water partition coefficient (Wildman–Crippen LogP) is 0.772. The number of likely N-dealkylation sites (tertiary alicyclic amines) is 1. The first kappa shape index (κ1) is 8.75. The Balaban J connectivity index is 2.74. The van der Waals surface area contributed by atoms with E-state index in [0.717, 1.165) is 17.4 Å². The van der Waals surface area contributed by atoms with Gasteiger partial charge in [-0.1, -0.05) is 6.58 Å². The van der Waals surface area contributed by atoms with Gasteiger partial charge >= 0.3 is 0 Å². The average Bonchev–Trinajstić information content (AvgIpc) is 2.04. The molecule has 1 fully saturated rings. The molecule has 0 bridgehead atoms. The van der Waals surface area contributed by atoms with Gasteiger partial charge in [-0.3, -0.25) is 0 Å². The number of hydrogen-bond donors (Lipinski definition) is 1. The molecule has 2 atom stereocenters. The lowest BCUT2D eigenvalue weighted by atomic mass is 10.1. The highest BCUT2D eigenvalue weighted by Gasteiger charge is 2.39. The molecule has 64 valence electrons. The Bertz CT molecular complexity index is 174. The highest BCUT2D eigenvalue weighted by Crippen LogP contribution is 2.26. The predicted molar refractivity (Wildman–Crippen MR) is 46.2 cm³/mol. The molecule has 1 aliphatic heterocycles. The molecule has 2 heteroatoms. The molecule has 0 saturated carbocycles. The minimum atomic E-state index is -0.133. The summed E-state index contributed by atoms with van der Waals surface area (Å²) < 4.78 is 0.885. The van der Waals surface area contributed by atoms with Crippen molar-refractivity contribution in [1.29, 1.82) is 0 Å². The van der Waals surface area contributed by atoms with E-state index in [0.29, 0.717) is 6.04 Å². The van der Waals surface area contributed by atoms with Crippen molar-refractivity contribution in [3.8, 4) is 0 Å². The number of rotatable bonds is 1. The van der Waals surface area contributed by atoms with E-state index in [1.54, 1.807) is 0 Å². The third kappa shape index (κ3) is 1.63. The van der Waals surface area contributed by atoms with Crippen LogP contribution in [-0.2, 0) is 0 Å². The van der Waals surface area contributed by atoms with Crippen molar-refractivity contribution in [1.82, 2.24) is 0 Å². The van der Waals surface area contributed by atoms with E-state index in [1.807, 2.05) is 6.92 Å². The second-order valence-electron chi connectivity index (χ2n) is 4.21. The normalized spacial score (nSPS) is 35.6. The van der Waals surface area contributed by atoms with Crippen molar-refractivity contribution in [2.45, 2.75) is 25.5 Å². The second-order valence-corrected chi connectivity index (χ2v) is 4.21. The van der Waals surface area contributed by atoms with Crippen LogP contribution in [0, 0.1) is 0 Å². The SMILES string of the molecule is C=C(C)[C@@H]1C[C@@H](O)C[N+]1(C)C. The highest BCUT2D eigenvalue weighted by molar-refractivity contribution is 5.01. The molecular weight excluding hydrogens is 138 g/mol. The fourth-order valence-corrected chi connectivity index (χ4v) is 2.09. The first-order valence-electron chi connectivity index (χ1n) is 4.09. The molecule has 0 radical (unpaired) electrons. The van der Waals surface area contributed by atoms with E-state index in [2.05, 4.69) is 20.7 Å². The largest absolute Gasteiger partial charge is 0.387 e. The van der Waals surface area contributed by atoms with Crippen molar-refractivity contribution in [3.63, 3.8) is 0 Å². The number of aliphatic hydroxyl groups excluding tert-OH is 1. The summed E-state index contributed by atoms with van der Waals surface area (Å²) >= 11 is 0. The van der Waals surface area contributed by atoms with Crippen LogP contribution in [0.3, 0.4) is 0 Å². The molecule has 2 nitrogen and oxygen atoms in total. The van der Waals surface area contributed by atoms with E-state index in [1.165, 1.54) is 5.57 Å². The van der Waals surface area contributed by atoms with Gasteiger partial charge in [-0.15, -0.1) is 0 Å². The zero-order chi connectivity index (χ0) is 8.65. The third-order valence-corrected chi connectivity index (χ3v) is 2.59. The Morgan fingerprint density at radius 1 is 1.55 bits per heavy atom. The molecule has 1 N–H and O–H groups in total. The molecule has 1 saturated heterocycles. The minimum Gasteiger partial charge on any atom is -0.387 e. The van der Waals surface area contributed by atoms with Crippen LogP contribution in [0.15, 0.2) is 12.2 Å². The summed E-state index contributed by atoms with van der Waals surface area (Å²) in [7, 11) is 4.30. The maximum Gasteiger partial charge on any atom is 0.112 e. The Morgan fingerprint density at radius 2 is 2.09 bits per heavy atom. The number of aliphatic hydroxyl groups is 1. The number of nitrogens with zero attached hydrogens (tertiary/aromatic N) is 1. The lowest BCUT2D eigenvalue weighted by Gasteiger charge is -2.31. The lowest BCUT2D eigenvalue weighted by Crippen LogP contribution is -2.44. The highest BCUT2D eigenvalue weighted by atomic mass is 16.3. The second kappa shape index (κ2) is 2.61. The van der Waals surface area contributed by atoms with Crippen molar-refractivity contribution in [3.05, 3.63) is 12.2 Å². The fourth-order valence-electron chi connectivity index (χ4n) is 2.09. The van der Waals surface area contributed by atoms with Crippen LogP contribution in [0.2, 0.25) is 0 Å². The smallest absolute Gasteiger partial charge is 0.112 e. The minimum absolute atomic E-state index is 0.133. The maximum atomic E-state index is 9.43. The van der Waals surface area contributed by atoms with Gasteiger partial charge in [0.25, 0.3) is 0 Å². The molecular formula is C9H18NO+. The van der Waals surface area contributed by atoms with E-state index >= 15 is 0 Å². The van der Waals surface area contributed by atoms with Crippen LogP contribution in [0.1, 0.15) is 13.3 Å². The van der Waals surface area contributed by atoms with Crippen LogP contribution in [0.4, 0.5) is 0 Å². The molecule has 1 rings (SSSR count). The molecule has 1 heterocycles. The van der Waals surface area contributed by atoms with E-state index in [4.69, 9.17) is 0 Å². The van der Waals surface area contributed by atoms with Gasteiger partial charge in [0.05, 0.1) is 14.1 Å². The monoisotopic (exact) mass is 156 g/mol. The molecule has 0 unspecified atom stereocenters. The zero-order valence-corrected chi connectivity index (χ0v) is 7.67. The molecule has 0 spiro atoms.